The quantitative estimate of drug-likeness (QED) is 0.314. The maximum atomic E-state index is 14.1. The second-order valence-corrected chi connectivity index (χ2v) is 11.9. The van der Waals surface area contributed by atoms with Crippen LogP contribution in [0.1, 0.15) is 31.4 Å². The van der Waals surface area contributed by atoms with E-state index in [0.717, 1.165) is 16.1 Å². The second kappa shape index (κ2) is 14.2. The zero-order chi connectivity index (χ0) is 29.3. The number of halogens is 1. The zero-order valence-corrected chi connectivity index (χ0v) is 24.8. The van der Waals surface area contributed by atoms with Gasteiger partial charge in [0, 0.05) is 30.1 Å². The summed E-state index contributed by atoms with van der Waals surface area (Å²) >= 11 is 6.47. The number of ether oxygens (including phenoxy) is 1. The lowest BCUT2D eigenvalue weighted by Gasteiger charge is -2.34. The summed E-state index contributed by atoms with van der Waals surface area (Å²) in [4.78, 5) is 29.2. The first-order valence-electron chi connectivity index (χ1n) is 13.0. The van der Waals surface area contributed by atoms with Gasteiger partial charge in [0.2, 0.25) is 21.8 Å². The van der Waals surface area contributed by atoms with Crippen molar-refractivity contribution in [2.24, 2.45) is 0 Å². The minimum absolute atomic E-state index is 0.0135. The molecule has 1 N–H and O–H groups in total. The van der Waals surface area contributed by atoms with E-state index in [-0.39, 0.29) is 30.6 Å². The van der Waals surface area contributed by atoms with Crippen molar-refractivity contribution in [1.82, 2.24) is 10.2 Å². The summed E-state index contributed by atoms with van der Waals surface area (Å²) in [6, 6.07) is 21.9. The number of hydrogen-bond acceptors (Lipinski definition) is 5. The van der Waals surface area contributed by atoms with Gasteiger partial charge in [0.25, 0.3) is 0 Å². The van der Waals surface area contributed by atoms with Crippen LogP contribution in [0, 0.1) is 0 Å². The van der Waals surface area contributed by atoms with E-state index in [4.69, 9.17) is 16.3 Å². The third-order valence-corrected chi connectivity index (χ3v) is 8.10. The van der Waals surface area contributed by atoms with Crippen LogP contribution in [0.3, 0.4) is 0 Å². The lowest BCUT2D eigenvalue weighted by atomic mass is 10.0. The summed E-state index contributed by atoms with van der Waals surface area (Å²) in [6.45, 7) is 3.35. The highest BCUT2D eigenvalue weighted by atomic mass is 35.5. The number of carbonyl (C=O) groups excluding carboxylic acids is 2. The van der Waals surface area contributed by atoms with E-state index in [0.29, 0.717) is 22.8 Å². The van der Waals surface area contributed by atoms with Crippen LogP contribution >= 0.6 is 11.6 Å². The molecule has 0 radical (unpaired) electrons. The fraction of sp³-hybridized carbons (Fsp3) is 0.333. The normalized spacial score (nSPS) is 12.7. The van der Waals surface area contributed by atoms with Gasteiger partial charge in [-0.15, -0.1) is 0 Å². The molecule has 0 saturated carbocycles. The summed E-state index contributed by atoms with van der Waals surface area (Å²) < 4.78 is 32.1. The molecule has 2 amide bonds. The number of benzene rings is 3. The largest absolute Gasteiger partial charge is 0.497 e. The van der Waals surface area contributed by atoms with Crippen LogP contribution in [0.2, 0.25) is 5.02 Å². The van der Waals surface area contributed by atoms with Gasteiger partial charge in [-0.25, -0.2) is 8.42 Å². The number of sulfonamides is 1. The first-order chi connectivity index (χ1) is 19.0. The third-order valence-electron chi connectivity index (χ3n) is 6.59. The van der Waals surface area contributed by atoms with Crippen LogP contribution < -0.4 is 14.4 Å². The van der Waals surface area contributed by atoms with E-state index in [9.17, 15) is 18.0 Å². The van der Waals surface area contributed by atoms with Crippen LogP contribution in [0.4, 0.5) is 5.69 Å². The minimum atomic E-state index is -3.88. The fourth-order valence-corrected chi connectivity index (χ4v) is 5.22. The van der Waals surface area contributed by atoms with Crippen molar-refractivity contribution in [2.75, 3.05) is 24.2 Å². The number of anilines is 1. The van der Waals surface area contributed by atoms with Gasteiger partial charge in [0.05, 0.1) is 19.1 Å². The first-order valence-corrected chi connectivity index (χ1v) is 15.2. The molecule has 3 rings (SSSR count). The number of methoxy groups -OCH3 is 1. The van der Waals surface area contributed by atoms with Gasteiger partial charge in [-0.1, -0.05) is 73.1 Å². The third kappa shape index (κ3) is 8.47. The van der Waals surface area contributed by atoms with Crippen LogP contribution in [0.25, 0.3) is 0 Å². The Balaban J connectivity index is 2.07. The van der Waals surface area contributed by atoms with Crippen molar-refractivity contribution >= 4 is 39.1 Å². The molecule has 214 valence electrons. The molecule has 0 spiro atoms. The molecule has 10 heteroatoms. The summed E-state index contributed by atoms with van der Waals surface area (Å²) in [6.07, 6.45) is 1.98. The summed E-state index contributed by atoms with van der Waals surface area (Å²) in [7, 11) is -2.40. The van der Waals surface area contributed by atoms with Crippen molar-refractivity contribution in [3.63, 3.8) is 0 Å². The first kappa shape index (κ1) is 31.0. The smallest absolute Gasteiger partial charge is 0.244 e. The molecule has 0 aromatic heterocycles. The van der Waals surface area contributed by atoms with Crippen molar-refractivity contribution in [3.8, 4) is 5.75 Å². The zero-order valence-electron chi connectivity index (χ0n) is 23.2. The Kier molecular flexibility index (Phi) is 11.0. The van der Waals surface area contributed by atoms with Gasteiger partial charge in [-0.2, -0.15) is 0 Å². The standard InChI is InChI=1S/C30H36ClN3O5S/c1-5-22(2)32-30(36)28(18-23-12-7-6-8-13-23)33(20-24-14-9-10-17-27(24)31)29(35)21-34(40(4,37)38)25-15-11-16-26(19-25)39-3/h6-17,19,22,28H,5,18,20-21H2,1-4H3,(H,32,36)/t22-,28+/m0/s1. The predicted molar refractivity (Wildman–Crippen MR) is 159 cm³/mol. The van der Waals surface area contributed by atoms with Gasteiger partial charge in [0.1, 0.15) is 18.3 Å². The van der Waals surface area contributed by atoms with Gasteiger partial charge < -0.3 is 15.0 Å². The van der Waals surface area contributed by atoms with E-state index < -0.39 is 28.5 Å². The summed E-state index contributed by atoms with van der Waals surface area (Å²) in [5, 5.41) is 3.44. The van der Waals surface area contributed by atoms with Crippen molar-refractivity contribution in [1.29, 1.82) is 0 Å². The number of carbonyl (C=O) groups is 2. The van der Waals surface area contributed by atoms with Crippen molar-refractivity contribution in [2.45, 2.75) is 45.3 Å². The molecule has 0 aliphatic heterocycles. The molecule has 0 bridgehead atoms. The Bertz CT molecular complexity index is 1400. The van der Waals surface area contributed by atoms with E-state index in [2.05, 4.69) is 5.32 Å². The van der Waals surface area contributed by atoms with Crippen LogP contribution in [-0.2, 0) is 32.6 Å². The fourth-order valence-electron chi connectivity index (χ4n) is 4.18. The Morgan fingerprint density at radius 1 is 1.00 bits per heavy atom. The Hall–Kier alpha value is -3.56. The Morgan fingerprint density at radius 2 is 1.68 bits per heavy atom. The Labute approximate surface area is 241 Å². The lowest BCUT2D eigenvalue weighted by molar-refractivity contribution is -0.140. The molecule has 2 atom stereocenters. The van der Waals surface area contributed by atoms with Gasteiger partial charge in [-0.05, 0) is 42.7 Å². The lowest BCUT2D eigenvalue weighted by Crippen LogP contribution is -2.54. The number of nitrogens with zero attached hydrogens (tertiary/aromatic N) is 2. The molecule has 8 nitrogen and oxygen atoms in total. The molecule has 40 heavy (non-hydrogen) atoms. The summed E-state index contributed by atoms with van der Waals surface area (Å²) in [5.74, 6) is -0.430. The topological polar surface area (TPSA) is 96.0 Å². The second-order valence-electron chi connectivity index (χ2n) is 9.61. The molecule has 0 aliphatic carbocycles. The van der Waals surface area contributed by atoms with E-state index in [1.807, 2.05) is 44.2 Å². The van der Waals surface area contributed by atoms with Crippen LogP contribution in [0.15, 0.2) is 78.9 Å². The highest BCUT2D eigenvalue weighted by Gasteiger charge is 2.33. The number of rotatable bonds is 13. The molecule has 0 fully saturated rings. The molecule has 0 heterocycles. The van der Waals surface area contributed by atoms with Gasteiger partial charge in [0.15, 0.2) is 0 Å². The predicted octanol–water partition coefficient (Wildman–Crippen LogP) is 4.67. The molecule has 0 aliphatic rings. The molecule has 3 aromatic carbocycles. The van der Waals surface area contributed by atoms with Crippen molar-refractivity contribution in [3.05, 3.63) is 95.0 Å². The number of amides is 2. The van der Waals surface area contributed by atoms with E-state index >= 15 is 0 Å². The minimum Gasteiger partial charge on any atom is -0.497 e. The Morgan fingerprint density at radius 3 is 2.30 bits per heavy atom. The molecular formula is C30H36ClN3O5S. The summed E-state index contributed by atoms with van der Waals surface area (Å²) in [5.41, 5.74) is 1.77. The maximum Gasteiger partial charge on any atom is 0.244 e. The molecule has 3 aromatic rings. The highest BCUT2D eigenvalue weighted by molar-refractivity contribution is 7.92. The monoisotopic (exact) mass is 585 g/mol. The number of nitrogens with one attached hydrogen (secondary N) is 1. The molecular weight excluding hydrogens is 550 g/mol. The number of hydrogen-bond donors (Lipinski definition) is 1. The SMILES string of the molecule is CC[C@H](C)NC(=O)[C@@H](Cc1ccccc1)N(Cc1ccccc1Cl)C(=O)CN(c1cccc(OC)c1)S(C)(=O)=O. The van der Waals surface area contributed by atoms with E-state index in [1.165, 1.54) is 12.0 Å². The van der Waals surface area contributed by atoms with Gasteiger partial charge in [-0.3, -0.25) is 13.9 Å². The van der Waals surface area contributed by atoms with Crippen LogP contribution in [0.5, 0.6) is 5.75 Å². The molecule has 0 saturated heterocycles. The molecule has 0 unspecified atom stereocenters. The van der Waals surface area contributed by atoms with E-state index in [1.54, 1.807) is 48.5 Å². The average Bonchev–Trinajstić information content (AvgIpc) is 2.94. The van der Waals surface area contributed by atoms with Crippen molar-refractivity contribution < 1.29 is 22.7 Å². The maximum absolute atomic E-state index is 14.1. The highest BCUT2D eigenvalue weighted by Crippen LogP contribution is 2.25. The van der Waals surface area contributed by atoms with Crippen LogP contribution in [-0.4, -0.2) is 57.1 Å². The van der Waals surface area contributed by atoms with Gasteiger partial charge >= 0.3 is 0 Å². The average molecular weight is 586 g/mol.